The first kappa shape index (κ1) is 29.8. The van der Waals surface area contributed by atoms with E-state index in [9.17, 15) is 4.79 Å². The average molecular weight is 521 g/mol. The van der Waals surface area contributed by atoms with E-state index in [0.717, 1.165) is 39.1 Å². The quantitative estimate of drug-likeness (QED) is 0.335. The van der Waals surface area contributed by atoms with Gasteiger partial charge in [0.15, 0.2) is 0 Å². The molecule has 1 aliphatic rings. The van der Waals surface area contributed by atoms with E-state index >= 15 is 0 Å². The van der Waals surface area contributed by atoms with Crippen molar-refractivity contribution in [2.75, 3.05) is 59.5 Å². The van der Waals surface area contributed by atoms with Crippen molar-refractivity contribution in [2.45, 2.75) is 26.3 Å². The number of likely N-dealkylation sites (N-methyl/N-ethyl adjacent to an activating group) is 1. The standard InChI is InChI=1S/C20H32Cl2N4O2.C2H2O4/c1-16(2)26(13-14-28-17-5-6-18(21)19(22)15-17)20(27)23-7-4-8-25-11-9-24(3)10-12-25;3-1(4)2(5)6/h5-6,15-16H,4,7-14H2,1-3H3,(H,23,27);(H,3,4)(H,5,6). The van der Waals surface area contributed by atoms with Gasteiger partial charge in [-0.1, -0.05) is 23.2 Å². The molecule has 1 saturated heterocycles. The third-order valence-electron chi connectivity index (χ3n) is 5.08. The summed E-state index contributed by atoms with van der Waals surface area (Å²) >= 11 is 11.9. The molecule has 1 aliphatic heterocycles. The molecule has 0 atom stereocenters. The third kappa shape index (κ3) is 11.7. The molecule has 2 amide bonds. The molecular formula is C22H34Cl2N4O6. The minimum Gasteiger partial charge on any atom is -0.492 e. The van der Waals surface area contributed by atoms with Gasteiger partial charge in [0.25, 0.3) is 0 Å². The number of hydrogen-bond donors (Lipinski definition) is 3. The fourth-order valence-corrected chi connectivity index (χ4v) is 3.38. The molecule has 3 N–H and O–H groups in total. The maximum Gasteiger partial charge on any atom is 0.414 e. The number of benzene rings is 1. The lowest BCUT2D eigenvalue weighted by molar-refractivity contribution is -0.159. The van der Waals surface area contributed by atoms with Crippen LogP contribution in [-0.4, -0.2) is 108 Å². The number of carboxylic acid groups (broad SMARTS) is 2. The predicted molar refractivity (Wildman–Crippen MR) is 131 cm³/mol. The van der Waals surface area contributed by atoms with Gasteiger partial charge in [-0.2, -0.15) is 0 Å². The zero-order valence-corrected chi connectivity index (χ0v) is 21.3. The van der Waals surface area contributed by atoms with Gasteiger partial charge in [0.2, 0.25) is 0 Å². The van der Waals surface area contributed by atoms with Gasteiger partial charge in [-0.05, 0) is 46.0 Å². The van der Waals surface area contributed by atoms with Gasteiger partial charge < -0.3 is 35.0 Å². The Hall–Kier alpha value is -2.27. The first-order valence-electron chi connectivity index (χ1n) is 11.0. The van der Waals surface area contributed by atoms with Crippen LogP contribution >= 0.6 is 23.2 Å². The Balaban J connectivity index is 0.000000852. The molecule has 0 bridgehead atoms. The molecule has 0 aromatic heterocycles. The summed E-state index contributed by atoms with van der Waals surface area (Å²) in [5.41, 5.74) is 0. The number of urea groups is 1. The van der Waals surface area contributed by atoms with Crippen molar-refractivity contribution in [3.8, 4) is 5.75 Å². The minimum absolute atomic E-state index is 0.0499. The van der Waals surface area contributed by atoms with E-state index in [1.165, 1.54) is 0 Å². The van der Waals surface area contributed by atoms with E-state index in [1.54, 1.807) is 23.1 Å². The van der Waals surface area contributed by atoms with Gasteiger partial charge in [-0.25, -0.2) is 14.4 Å². The third-order valence-corrected chi connectivity index (χ3v) is 5.82. The molecule has 0 radical (unpaired) electrons. The smallest absolute Gasteiger partial charge is 0.414 e. The van der Waals surface area contributed by atoms with Crippen LogP contribution in [0.4, 0.5) is 4.79 Å². The summed E-state index contributed by atoms with van der Waals surface area (Å²) in [5, 5.41) is 18.8. The normalized spacial score (nSPS) is 14.2. The Morgan fingerprint density at radius 2 is 1.71 bits per heavy atom. The maximum absolute atomic E-state index is 12.5. The lowest BCUT2D eigenvalue weighted by Crippen LogP contribution is -2.47. The van der Waals surface area contributed by atoms with Crippen molar-refractivity contribution in [1.82, 2.24) is 20.0 Å². The van der Waals surface area contributed by atoms with Crippen LogP contribution in [0.25, 0.3) is 0 Å². The van der Waals surface area contributed by atoms with Crippen LogP contribution in [0, 0.1) is 0 Å². The Bertz CT molecular complexity index is 792. The van der Waals surface area contributed by atoms with E-state index in [2.05, 4.69) is 22.2 Å². The lowest BCUT2D eigenvalue weighted by atomic mass is 10.3. The zero-order valence-electron chi connectivity index (χ0n) is 19.8. The Morgan fingerprint density at radius 1 is 1.09 bits per heavy atom. The number of hydrogen-bond acceptors (Lipinski definition) is 6. The molecule has 12 heteroatoms. The van der Waals surface area contributed by atoms with Crippen LogP contribution in [0.1, 0.15) is 20.3 Å². The number of rotatable bonds is 9. The molecule has 0 aliphatic carbocycles. The van der Waals surface area contributed by atoms with Crippen molar-refractivity contribution in [1.29, 1.82) is 0 Å². The first-order chi connectivity index (χ1) is 16.0. The molecule has 192 valence electrons. The molecule has 1 aromatic rings. The number of ether oxygens (including phenoxy) is 1. The number of amides is 2. The molecule has 0 spiro atoms. The SMILES string of the molecule is CC(C)N(CCOc1ccc(Cl)c(Cl)c1)C(=O)NCCCN1CCN(C)CC1.O=C(O)C(=O)O. The highest BCUT2D eigenvalue weighted by Crippen LogP contribution is 2.26. The second-order valence-corrected chi connectivity index (χ2v) is 8.87. The van der Waals surface area contributed by atoms with Crippen molar-refractivity contribution < 1.29 is 29.3 Å². The monoisotopic (exact) mass is 520 g/mol. The number of nitrogens with zero attached hydrogens (tertiary/aromatic N) is 3. The Morgan fingerprint density at radius 3 is 2.24 bits per heavy atom. The van der Waals surface area contributed by atoms with Crippen LogP contribution in [-0.2, 0) is 9.59 Å². The fourth-order valence-electron chi connectivity index (χ4n) is 3.09. The van der Waals surface area contributed by atoms with Gasteiger partial charge in [0.05, 0.1) is 16.6 Å². The molecule has 1 aromatic carbocycles. The summed E-state index contributed by atoms with van der Waals surface area (Å²) in [6.07, 6.45) is 0.959. The van der Waals surface area contributed by atoms with Gasteiger partial charge in [-0.15, -0.1) is 0 Å². The first-order valence-corrected chi connectivity index (χ1v) is 11.8. The van der Waals surface area contributed by atoms with E-state index in [-0.39, 0.29) is 12.1 Å². The minimum atomic E-state index is -1.82. The largest absolute Gasteiger partial charge is 0.492 e. The Kier molecular flexibility index (Phi) is 13.7. The summed E-state index contributed by atoms with van der Waals surface area (Å²) in [6, 6.07) is 5.20. The molecular weight excluding hydrogens is 487 g/mol. The van der Waals surface area contributed by atoms with Crippen molar-refractivity contribution in [3.05, 3.63) is 28.2 Å². The van der Waals surface area contributed by atoms with E-state index in [1.807, 2.05) is 13.8 Å². The summed E-state index contributed by atoms with van der Waals surface area (Å²) in [4.78, 5) is 37.3. The van der Waals surface area contributed by atoms with Gasteiger partial charge in [-0.3, -0.25) is 0 Å². The number of carbonyl (C=O) groups is 3. The summed E-state index contributed by atoms with van der Waals surface area (Å²) in [5.74, 6) is -3.00. The highest BCUT2D eigenvalue weighted by molar-refractivity contribution is 6.42. The van der Waals surface area contributed by atoms with E-state index < -0.39 is 11.9 Å². The van der Waals surface area contributed by atoms with Crippen LogP contribution in [0.2, 0.25) is 10.0 Å². The number of carboxylic acids is 2. The average Bonchev–Trinajstić information content (AvgIpc) is 2.77. The summed E-state index contributed by atoms with van der Waals surface area (Å²) in [6.45, 7) is 11.1. The number of aliphatic carboxylic acids is 2. The fraction of sp³-hybridized carbons (Fsp3) is 0.591. The molecule has 34 heavy (non-hydrogen) atoms. The topological polar surface area (TPSA) is 123 Å². The molecule has 10 nitrogen and oxygen atoms in total. The van der Waals surface area contributed by atoms with E-state index in [0.29, 0.717) is 35.5 Å². The number of halogens is 2. The van der Waals surface area contributed by atoms with Crippen LogP contribution in [0.15, 0.2) is 18.2 Å². The van der Waals surface area contributed by atoms with Crippen molar-refractivity contribution in [3.63, 3.8) is 0 Å². The molecule has 0 saturated carbocycles. The van der Waals surface area contributed by atoms with Crippen molar-refractivity contribution in [2.24, 2.45) is 0 Å². The number of piperazine rings is 1. The summed E-state index contributed by atoms with van der Waals surface area (Å²) < 4.78 is 5.71. The van der Waals surface area contributed by atoms with Crippen LogP contribution in [0.3, 0.4) is 0 Å². The molecule has 1 fully saturated rings. The number of carbonyl (C=O) groups excluding carboxylic acids is 1. The van der Waals surface area contributed by atoms with E-state index in [4.69, 9.17) is 47.7 Å². The molecule has 0 unspecified atom stereocenters. The molecule has 2 rings (SSSR count). The van der Waals surface area contributed by atoms with Gasteiger partial charge in [0, 0.05) is 44.8 Å². The number of nitrogens with one attached hydrogen (secondary N) is 1. The zero-order chi connectivity index (χ0) is 25.7. The van der Waals surface area contributed by atoms with Gasteiger partial charge >= 0.3 is 18.0 Å². The summed E-state index contributed by atoms with van der Waals surface area (Å²) in [7, 11) is 2.16. The highest BCUT2D eigenvalue weighted by Gasteiger charge is 2.17. The van der Waals surface area contributed by atoms with Gasteiger partial charge in [0.1, 0.15) is 12.4 Å². The molecule has 1 heterocycles. The van der Waals surface area contributed by atoms with Crippen LogP contribution in [0.5, 0.6) is 5.75 Å². The predicted octanol–water partition coefficient (Wildman–Crippen LogP) is 2.59. The second-order valence-electron chi connectivity index (χ2n) is 8.05. The Labute approximate surface area is 210 Å². The highest BCUT2D eigenvalue weighted by atomic mass is 35.5. The lowest BCUT2D eigenvalue weighted by Gasteiger charge is -2.32. The van der Waals surface area contributed by atoms with Crippen molar-refractivity contribution >= 4 is 41.2 Å². The second kappa shape index (κ2) is 15.6. The maximum atomic E-state index is 12.5. The van der Waals surface area contributed by atoms with Crippen LogP contribution < -0.4 is 10.1 Å².